The van der Waals surface area contributed by atoms with Gasteiger partial charge in [0.2, 0.25) is 5.95 Å². The Morgan fingerprint density at radius 1 is 1.00 bits per heavy atom. The normalized spacial score (nSPS) is 10.7. The molecule has 1 N–H and O–H groups in total. The zero-order chi connectivity index (χ0) is 13.1. The summed E-state index contributed by atoms with van der Waals surface area (Å²) in [5, 5.41) is 13.3. The molecule has 2 heterocycles. The molecule has 18 heavy (non-hydrogen) atoms. The average Bonchev–Trinajstić information content (AvgIpc) is 2.72. The summed E-state index contributed by atoms with van der Waals surface area (Å²) in [5.74, 6) is 0.692. The van der Waals surface area contributed by atoms with Crippen molar-refractivity contribution >= 4 is 17.3 Å². The van der Waals surface area contributed by atoms with Crippen LogP contribution in [0.15, 0.2) is 0 Å². The summed E-state index contributed by atoms with van der Waals surface area (Å²) < 4.78 is 0. The minimum absolute atomic E-state index is 0.692. The average molecular weight is 263 g/mol. The van der Waals surface area contributed by atoms with E-state index < -0.39 is 0 Å². The van der Waals surface area contributed by atoms with E-state index in [1.54, 1.807) is 11.3 Å². The third-order valence-corrected chi connectivity index (χ3v) is 3.72. The maximum Gasteiger partial charge on any atom is 0.223 e. The summed E-state index contributed by atoms with van der Waals surface area (Å²) in [7, 11) is 0. The summed E-state index contributed by atoms with van der Waals surface area (Å²) in [6.45, 7) is 8.78. The smallest absolute Gasteiger partial charge is 0.223 e. The van der Waals surface area contributed by atoms with Gasteiger partial charge in [0.05, 0.1) is 0 Å². The molecule has 0 saturated carbocycles. The number of rotatable bonds is 4. The second-order valence-corrected chi connectivity index (χ2v) is 5.50. The van der Waals surface area contributed by atoms with E-state index in [4.69, 9.17) is 0 Å². The highest BCUT2D eigenvalue weighted by molar-refractivity contribution is 7.11. The first-order valence-corrected chi connectivity index (χ1v) is 6.72. The van der Waals surface area contributed by atoms with Crippen molar-refractivity contribution in [3.05, 3.63) is 27.0 Å². The van der Waals surface area contributed by atoms with E-state index in [1.807, 2.05) is 27.7 Å². The van der Waals surface area contributed by atoms with Gasteiger partial charge in [-0.3, -0.25) is 0 Å². The fraction of sp³-hybridized carbons (Fsp3) is 0.500. The Morgan fingerprint density at radius 2 is 1.67 bits per heavy atom. The Labute approximate surface area is 111 Å². The summed E-state index contributed by atoms with van der Waals surface area (Å²) in [4.78, 5) is 8.83. The van der Waals surface area contributed by atoms with Gasteiger partial charge in [0.1, 0.15) is 10.0 Å². The Hall–Kier alpha value is -1.56. The number of hydrogen-bond donors (Lipinski definition) is 1. The van der Waals surface area contributed by atoms with Crippen LogP contribution in [0.2, 0.25) is 0 Å². The molecule has 0 spiro atoms. The number of aryl methyl sites for hydroxylation is 3. The van der Waals surface area contributed by atoms with Crippen LogP contribution in [0.5, 0.6) is 0 Å². The van der Waals surface area contributed by atoms with Crippen molar-refractivity contribution in [2.24, 2.45) is 0 Å². The number of aromatic nitrogens is 4. The van der Waals surface area contributed by atoms with Gasteiger partial charge in [-0.25, -0.2) is 9.97 Å². The van der Waals surface area contributed by atoms with E-state index in [1.165, 1.54) is 0 Å². The fourth-order valence-electron chi connectivity index (χ4n) is 1.57. The molecule has 0 amide bonds. The van der Waals surface area contributed by atoms with Gasteiger partial charge >= 0.3 is 0 Å². The number of hydrogen-bond acceptors (Lipinski definition) is 6. The molecular formula is C12H17N5S. The van der Waals surface area contributed by atoms with Crippen LogP contribution in [0.3, 0.4) is 0 Å². The van der Waals surface area contributed by atoms with Crippen LogP contribution >= 0.6 is 11.3 Å². The summed E-state index contributed by atoms with van der Waals surface area (Å²) in [6.07, 6.45) is 0.848. The van der Waals surface area contributed by atoms with E-state index in [0.717, 1.165) is 39.9 Å². The van der Waals surface area contributed by atoms with Gasteiger partial charge in [0.15, 0.2) is 0 Å². The van der Waals surface area contributed by atoms with Crippen molar-refractivity contribution in [2.45, 2.75) is 34.1 Å². The van der Waals surface area contributed by atoms with E-state index >= 15 is 0 Å². The van der Waals surface area contributed by atoms with Crippen LogP contribution in [0, 0.1) is 27.7 Å². The number of nitrogens with zero attached hydrogens (tertiary/aromatic N) is 4. The highest BCUT2D eigenvalue weighted by Gasteiger charge is 2.05. The van der Waals surface area contributed by atoms with Crippen LogP contribution in [0.4, 0.5) is 5.95 Å². The maximum atomic E-state index is 4.42. The minimum Gasteiger partial charge on any atom is -0.354 e. The second-order valence-electron chi connectivity index (χ2n) is 4.23. The van der Waals surface area contributed by atoms with E-state index in [-0.39, 0.29) is 0 Å². The quantitative estimate of drug-likeness (QED) is 0.916. The predicted octanol–water partition coefficient (Wildman–Crippen LogP) is 2.22. The van der Waals surface area contributed by atoms with Crippen LogP contribution in [-0.4, -0.2) is 26.7 Å². The molecule has 0 aliphatic carbocycles. The Bertz CT molecular complexity index is 526. The van der Waals surface area contributed by atoms with Gasteiger partial charge < -0.3 is 5.32 Å². The van der Waals surface area contributed by atoms with Crippen molar-refractivity contribution in [3.63, 3.8) is 0 Å². The summed E-state index contributed by atoms with van der Waals surface area (Å²) in [5.41, 5.74) is 3.20. The lowest BCUT2D eigenvalue weighted by atomic mass is 10.2. The third kappa shape index (κ3) is 3.01. The van der Waals surface area contributed by atoms with Gasteiger partial charge in [-0.1, -0.05) is 0 Å². The van der Waals surface area contributed by atoms with Gasteiger partial charge in [-0.2, -0.15) is 0 Å². The highest BCUT2D eigenvalue weighted by Crippen LogP contribution is 2.12. The lowest BCUT2D eigenvalue weighted by molar-refractivity contribution is 0.909. The minimum atomic E-state index is 0.692. The van der Waals surface area contributed by atoms with Crippen LogP contribution in [0.1, 0.15) is 27.0 Å². The van der Waals surface area contributed by atoms with E-state index in [0.29, 0.717) is 5.95 Å². The zero-order valence-electron chi connectivity index (χ0n) is 11.1. The largest absolute Gasteiger partial charge is 0.354 e. The molecule has 0 unspecified atom stereocenters. The van der Waals surface area contributed by atoms with Gasteiger partial charge in [0, 0.05) is 24.4 Å². The van der Waals surface area contributed by atoms with Gasteiger partial charge in [-0.15, -0.1) is 21.5 Å². The first kappa shape index (κ1) is 12.9. The molecule has 5 nitrogen and oxygen atoms in total. The van der Waals surface area contributed by atoms with E-state index in [9.17, 15) is 0 Å². The Kier molecular flexibility index (Phi) is 3.86. The monoisotopic (exact) mass is 263 g/mol. The first-order chi connectivity index (χ1) is 8.56. The molecule has 0 radical (unpaired) electrons. The van der Waals surface area contributed by atoms with Crippen LogP contribution < -0.4 is 5.32 Å². The molecule has 0 bridgehead atoms. The zero-order valence-corrected chi connectivity index (χ0v) is 11.9. The Morgan fingerprint density at radius 3 is 2.22 bits per heavy atom. The number of nitrogens with one attached hydrogen (secondary N) is 1. The van der Waals surface area contributed by atoms with Crippen molar-refractivity contribution in [1.29, 1.82) is 0 Å². The topological polar surface area (TPSA) is 63.6 Å². The predicted molar refractivity (Wildman–Crippen MR) is 73.1 cm³/mol. The molecule has 0 aliphatic heterocycles. The molecule has 2 rings (SSSR count). The molecule has 0 saturated heterocycles. The molecule has 0 fully saturated rings. The molecule has 0 aliphatic rings. The standard InChI is InChI=1S/C12H17N5S/c1-7-8(2)14-12(15-9(7)3)13-6-5-11-17-16-10(4)18-11/h5-6H2,1-4H3,(H,13,14,15). The maximum absolute atomic E-state index is 4.42. The molecule has 96 valence electrons. The molecule has 2 aromatic rings. The van der Waals surface area contributed by atoms with E-state index in [2.05, 4.69) is 25.5 Å². The lowest BCUT2D eigenvalue weighted by Crippen LogP contribution is -2.10. The summed E-state index contributed by atoms with van der Waals surface area (Å²) >= 11 is 1.63. The second kappa shape index (κ2) is 5.39. The van der Waals surface area contributed by atoms with Crippen molar-refractivity contribution in [1.82, 2.24) is 20.2 Å². The van der Waals surface area contributed by atoms with Crippen LogP contribution in [-0.2, 0) is 6.42 Å². The van der Waals surface area contributed by atoms with Gasteiger partial charge in [-0.05, 0) is 33.3 Å². The third-order valence-electron chi connectivity index (χ3n) is 2.82. The van der Waals surface area contributed by atoms with Gasteiger partial charge in [0.25, 0.3) is 0 Å². The SMILES string of the molecule is Cc1nnc(CCNc2nc(C)c(C)c(C)n2)s1. The molecule has 0 atom stereocenters. The molecule has 2 aromatic heterocycles. The lowest BCUT2D eigenvalue weighted by Gasteiger charge is -2.08. The first-order valence-electron chi connectivity index (χ1n) is 5.91. The highest BCUT2D eigenvalue weighted by atomic mass is 32.1. The van der Waals surface area contributed by atoms with Crippen molar-refractivity contribution in [2.75, 3.05) is 11.9 Å². The van der Waals surface area contributed by atoms with Crippen LogP contribution in [0.25, 0.3) is 0 Å². The van der Waals surface area contributed by atoms with Crippen molar-refractivity contribution < 1.29 is 0 Å². The Balaban J connectivity index is 1.94. The molecular weight excluding hydrogens is 246 g/mol. The van der Waals surface area contributed by atoms with Crippen molar-refractivity contribution in [3.8, 4) is 0 Å². The molecule has 6 heteroatoms. The fourth-order valence-corrected chi connectivity index (χ4v) is 2.28. The summed E-state index contributed by atoms with van der Waals surface area (Å²) in [6, 6.07) is 0. The number of anilines is 1. The molecule has 0 aromatic carbocycles.